The molecule has 2 aromatic heterocycles. The number of benzene rings is 2. The highest BCUT2D eigenvalue weighted by Crippen LogP contribution is 2.34. The number of nitrogens with zero attached hydrogens (tertiary/aromatic N) is 3. The Labute approximate surface area is 175 Å². The van der Waals surface area contributed by atoms with Crippen molar-refractivity contribution in [2.24, 2.45) is 0 Å². The minimum Gasteiger partial charge on any atom is -0.354 e. The van der Waals surface area contributed by atoms with Crippen molar-refractivity contribution in [3.63, 3.8) is 0 Å². The van der Waals surface area contributed by atoms with Crippen molar-refractivity contribution < 1.29 is 9.45 Å². The van der Waals surface area contributed by atoms with Crippen LogP contribution in [0.3, 0.4) is 0 Å². The maximum absolute atomic E-state index is 11.5. The SMILES string of the molecule is Cc1noc(CC(Cc2ccc3ccccc3n2)c2ccccc2Br)c1[N+](=O)[O-]. The number of para-hydroxylation sites is 1. The number of aryl methyl sites for hydroxylation is 1. The van der Waals surface area contributed by atoms with Crippen molar-refractivity contribution in [2.75, 3.05) is 0 Å². The second kappa shape index (κ2) is 8.13. The van der Waals surface area contributed by atoms with Gasteiger partial charge >= 0.3 is 5.69 Å². The van der Waals surface area contributed by atoms with Crippen molar-refractivity contribution in [1.82, 2.24) is 10.1 Å². The topological polar surface area (TPSA) is 82.1 Å². The summed E-state index contributed by atoms with van der Waals surface area (Å²) in [6, 6.07) is 19.9. The zero-order valence-corrected chi connectivity index (χ0v) is 17.3. The van der Waals surface area contributed by atoms with Crippen LogP contribution in [0.15, 0.2) is 69.7 Å². The Morgan fingerprint density at radius 1 is 1.07 bits per heavy atom. The Bertz CT molecular complexity index is 1190. The Morgan fingerprint density at radius 2 is 1.83 bits per heavy atom. The highest BCUT2D eigenvalue weighted by molar-refractivity contribution is 9.10. The van der Waals surface area contributed by atoms with E-state index in [-0.39, 0.29) is 17.4 Å². The van der Waals surface area contributed by atoms with E-state index >= 15 is 0 Å². The lowest BCUT2D eigenvalue weighted by Crippen LogP contribution is -2.09. The van der Waals surface area contributed by atoms with E-state index in [1.165, 1.54) is 0 Å². The highest BCUT2D eigenvalue weighted by atomic mass is 79.9. The molecule has 0 bridgehead atoms. The molecule has 0 spiro atoms. The van der Waals surface area contributed by atoms with E-state index in [9.17, 15) is 10.1 Å². The Balaban J connectivity index is 1.72. The van der Waals surface area contributed by atoms with E-state index in [1.807, 2.05) is 54.6 Å². The fourth-order valence-electron chi connectivity index (χ4n) is 3.58. The normalized spacial score (nSPS) is 12.2. The highest BCUT2D eigenvalue weighted by Gasteiger charge is 2.28. The van der Waals surface area contributed by atoms with Gasteiger partial charge in [0.1, 0.15) is 0 Å². The number of halogens is 1. The fraction of sp³-hybridized carbons (Fsp3) is 0.182. The van der Waals surface area contributed by atoms with Gasteiger partial charge in [-0.15, -0.1) is 0 Å². The molecule has 2 aromatic carbocycles. The predicted molar refractivity (Wildman–Crippen MR) is 114 cm³/mol. The molecule has 146 valence electrons. The number of aromatic nitrogens is 2. The van der Waals surface area contributed by atoms with E-state index in [0.29, 0.717) is 18.5 Å². The fourth-order valence-corrected chi connectivity index (χ4v) is 4.18. The number of pyridine rings is 1. The molecule has 4 rings (SSSR count). The average Bonchev–Trinajstić information content (AvgIpc) is 3.08. The maximum atomic E-state index is 11.5. The van der Waals surface area contributed by atoms with E-state index in [2.05, 4.69) is 27.2 Å². The van der Waals surface area contributed by atoms with Gasteiger partial charge in [-0.1, -0.05) is 63.6 Å². The van der Waals surface area contributed by atoms with Crippen LogP contribution >= 0.6 is 15.9 Å². The van der Waals surface area contributed by atoms with Gasteiger partial charge in [-0.25, -0.2) is 0 Å². The van der Waals surface area contributed by atoms with Crippen LogP contribution < -0.4 is 0 Å². The molecule has 0 saturated heterocycles. The third-order valence-corrected chi connectivity index (χ3v) is 5.69. The van der Waals surface area contributed by atoms with Crippen LogP contribution in [0.25, 0.3) is 10.9 Å². The number of hydrogen-bond donors (Lipinski definition) is 0. The molecule has 6 nitrogen and oxygen atoms in total. The van der Waals surface area contributed by atoms with Crippen molar-refractivity contribution >= 4 is 32.5 Å². The number of rotatable bonds is 6. The second-order valence-corrected chi connectivity index (χ2v) is 7.77. The molecule has 0 aliphatic heterocycles. The molecule has 0 aliphatic carbocycles. The zero-order chi connectivity index (χ0) is 20.4. The van der Waals surface area contributed by atoms with Crippen LogP contribution in [-0.2, 0) is 12.8 Å². The summed E-state index contributed by atoms with van der Waals surface area (Å²) in [4.78, 5) is 15.8. The summed E-state index contributed by atoms with van der Waals surface area (Å²) in [5.74, 6) is 0.222. The van der Waals surface area contributed by atoms with Crippen LogP contribution in [0, 0.1) is 17.0 Å². The number of hydrogen-bond acceptors (Lipinski definition) is 5. The standard InChI is InChI=1S/C22H18BrN3O3/c1-14-22(26(27)28)21(29-25-14)13-16(18-7-3-4-8-19(18)23)12-17-11-10-15-6-2-5-9-20(15)24-17/h2-11,16H,12-13H2,1H3. The summed E-state index contributed by atoms with van der Waals surface area (Å²) in [6.45, 7) is 1.59. The lowest BCUT2D eigenvalue weighted by atomic mass is 9.89. The molecule has 7 heteroatoms. The van der Waals surface area contributed by atoms with Crippen LogP contribution in [0.1, 0.15) is 28.6 Å². The van der Waals surface area contributed by atoms with Gasteiger partial charge in [0.2, 0.25) is 5.76 Å². The first-order valence-corrected chi connectivity index (χ1v) is 10.0. The lowest BCUT2D eigenvalue weighted by molar-refractivity contribution is -0.386. The van der Waals surface area contributed by atoms with Gasteiger partial charge in [-0.3, -0.25) is 15.1 Å². The monoisotopic (exact) mass is 451 g/mol. The molecule has 0 saturated carbocycles. The smallest absolute Gasteiger partial charge is 0.334 e. The summed E-state index contributed by atoms with van der Waals surface area (Å²) in [6.07, 6.45) is 0.971. The first-order chi connectivity index (χ1) is 14.0. The summed E-state index contributed by atoms with van der Waals surface area (Å²) in [5, 5.41) is 16.4. The zero-order valence-electron chi connectivity index (χ0n) is 15.7. The van der Waals surface area contributed by atoms with Crippen molar-refractivity contribution in [2.45, 2.75) is 25.7 Å². The quantitative estimate of drug-likeness (QED) is 0.274. The third-order valence-electron chi connectivity index (χ3n) is 4.97. The molecular formula is C22H18BrN3O3. The summed E-state index contributed by atoms with van der Waals surface area (Å²) >= 11 is 3.62. The first kappa shape index (κ1) is 19.3. The van der Waals surface area contributed by atoms with E-state index in [0.717, 1.165) is 26.6 Å². The molecule has 0 fully saturated rings. The molecule has 0 amide bonds. The molecule has 0 radical (unpaired) electrons. The number of fused-ring (bicyclic) bond motifs is 1. The van der Waals surface area contributed by atoms with Gasteiger partial charge in [0.05, 0.1) is 10.4 Å². The van der Waals surface area contributed by atoms with Gasteiger partial charge in [0, 0.05) is 22.0 Å². The Kier molecular flexibility index (Phi) is 5.40. The van der Waals surface area contributed by atoms with Crippen LogP contribution in [0.5, 0.6) is 0 Å². The summed E-state index contributed by atoms with van der Waals surface area (Å²) in [7, 11) is 0. The van der Waals surface area contributed by atoms with Gasteiger partial charge < -0.3 is 4.52 Å². The molecule has 0 aliphatic rings. The molecule has 1 atom stereocenters. The van der Waals surface area contributed by atoms with Crippen LogP contribution in [-0.4, -0.2) is 15.1 Å². The molecule has 4 aromatic rings. The number of nitro groups is 1. The van der Waals surface area contributed by atoms with Gasteiger partial charge in [0.25, 0.3) is 0 Å². The first-order valence-electron chi connectivity index (χ1n) is 9.21. The largest absolute Gasteiger partial charge is 0.354 e. The van der Waals surface area contributed by atoms with Gasteiger partial charge in [-0.05, 0) is 43.0 Å². The van der Waals surface area contributed by atoms with Crippen molar-refractivity contribution in [3.8, 4) is 0 Å². The predicted octanol–water partition coefficient (Wildman–Crippen LogP) is 5.77. The third kappa shape index (κ3) is 4.05. The maximum Gasteiger partial charge on any atom is 0.334 e. The van der Waals surface area contributed by atoms with Crippen LogP contribution in [0.2, 0.25) is 0 Å². The second-order valence-electron chi connectivity index (χ2n) is 6.92. The van der Waals surface area contributed by atoms with Gasteiger partial charge in [0.15, 0.2) is 5.69 Å². The van der Waals surface area contributed by atoms with Crippen LogP contribution in [0.4, 0.5) is 5.69 Å². The van der Waals surface area contributed by atoms with Gasteiger partial charge in [-0.2, -0.15) is 0 Å². The Morgan fingerprint density at radius 3 is 2.62 bits per heavy atom. The van der Waals surface area contributed by atoms with Crippen molar-refractivity contribution in [1.29, 1.82) is 0 Å². The van der Waals surface area contributed by atoms with E-state index < -0.39 is 4.92 Å². The Hall–Kier alpha value is -3.06. The van der Waals surface area contributed by atoms with Crippen molar-refractivity contribution in [3.05, 3.63) is 98.0 Å². The van der Waals surface area contributed by atoms with E-state index in [1.54, 1.807) is 6.92 Å². The summed E-state index contributed by atoms with van der Waals surface area (Å²) in [5.41, 5.74) is 3.14. The lowest BCUT2D eigenvalue weighted by Gasteiger charge is -2.17. The minimum absolute atomic E-state index is 0.0477. The molecule has 0 N–H and O–H groups in total. The molecule has 2 heterocycles. The molecular weight excluding hydrogens is 434 g/mol. The minimum atomic E-state index is -0.424. The average molecular weight is 452 g/mol. The summed E-state index contributed by atoms with van der Waals surface area (Å²) < 4.78 is 6.28. The van der Waals surface area contributed by atoms with E-state index in [4.69, 9.17) is 9.51 Å². The molecule has 29 heavy (non-hydrogen) atoms. The molecule has 1 unspecified atom stereocenters.